The lowest BCUT2D eigenvalue weighted by Gasteiger charge is -2.11. The number of carbonyl (C=O) groups excluding carboxylic acids is 1. The molecular formula is C13H16N2O5. The standard InChI is InChI=1S/C13H16N2O5/c16-13(14-8-12-2-1-7-19-12)9-20-11-5-3-10(4-6-11)15(17)18/h3-6,12H,1-2,7-9H2,(H,14,16). The third kappa shape index (κ3) is 4.20. The van der Waals surface area contributed by atoms with E-state index in [0.717, 1.165) is 19.4 Å². The number of hydrogen-bond donors (Lipinski definition) is 1. The van der Waals surface area contributed by atoms with Crippen LogP contribution in [0.15, 0.2) is 24.3 Å². The summed E-state index contributed by atoms with van der Waals surface area (Å²) in [6.45, 7) is 1.12. The molecule has 108 valence electrons. The van der Waals surface area contributed by atoms with Crippen LogP contribution in [0.3, 0.4) is 0 Å². The molecule has 0 spiro atoms. The summed E-state index contributed by atoms with van der Waals surface area (Å²) in [5.41, 5.74) is -0.0137. The van der Waals surface area contributed by atoms with Crippen LogP contribution in [0.5, 0.6) is 5.75 Å². The van der Waals surface area contributed by atoms with Crippen molar-refractivity contribution in [1.82, 2.24) is 5.32 Å². The number of carbonyl (C=O) groups is 1. The van der Waals surface area contributed by atoms with E-state index in [1.54, 1.807) is 0 Å². The molecule has 1 saturated heterocycles. The zero-order valence-electron chi connectivity index (χ0n) is 10.9. The second kappa shape index (κ2) is 6.85. The van der Waals surface area contributed by atoms with Crippen molar-refractivity contribution >= 4 is 11.6 Å². The van der Waals surface area contributed by atoms with Crippen LogP contribution in [0.2, 0.25) is 0 Å². The summed E-state index contributed by atoms with van der Waals surface area (Å²) in [5.74, 6) is 0.182. The van der Waals surface area contributed by atoms with E-state index in [1.807, 2.05) is 0 Å². The molecule has 1 atom stereocenters. The van der Waals surface area contributed by atoms with Gasteiger partial charge in [-0.3, -0.25) is 14.9 Å². The molecule has 20 heavy (non-hydrogen) atoms. The fourth-order valence-electron chi connectivity index (χ4n) is 1.90. The molecule has 0 aliphatic carbocycles. The van der Waals surface area contributed by atoms with E-state index in [-0.39, 0.29) is 24.3 Å². The van der Waals surface area contributed by atoms with Crippen LogP contribution >= 0.6 is 0 Å². The van der Waals surface area contributed by atoms with Crippen LogP contribution in [0.25, 0.3) is 0 Å². The predicted octanol–water partition coefficient (Wildman–Crippen LogP) is 1.27. The van der Waals surface area contributed by atoms with Gasteiger partial charge in [0.15, 0.2) is 6.61 Å². The van der Waals surface area contributed by atoms with Crippen LogP contribution in [0.1, 0.15) is 12.8 Å². The van der Waals surface area contributed by atoms with Crippen molar-refractivity contribution in [2.75, 3.05) is 19.8 Å². The summed E-state index contributed by atoms with van der Waals surface area (Å²) >= 11 is 0. The first-order chi connectivity index (χ1) is 9.65. The van der Waals surface area contributed by atoms with Gasteiger partial charge in [-0.25, -0.2) is 0 Å². The number of rotatable bonds is 6. The van der Waals surface area contributed by atoms with Gasteiger partial charge in [-0.05, 0) is 25.0 Å². The summed E-state index contributed by atoms with van der Waals surface area (Å²) in [6.07, 6.45) is 2.09. The molecule has 7 nitrogen and oxygen atoms in total. The highest BCUT2D eigenvalue weighted by molar-refractivity contribution is 5.77. The van der Waals surface area contributed by atoms with E-state index in [1.165, 1.54) is 24.3 Å². The van der Waals surface area contributed by atoms with E-state index in [9.17, 15) is 14.9 Å². The summed E-state index contributed by atoms with van der Waals surface area (Å²) in [7, 11) is 0. The molecule has 1 fully saturated rings. The Hall–Kier alpha value is -2.15. The number of amides is 1. The van der Waals surface area contributed by atoms with E-state index in [0.29, 0.717) is 12.3 Å². The number of non-ortho nitro benzene ring substituents is 1. The Morgan fingerprint density at radius 3 is 2.80 bits per heavy atom. The fourth-order valence-corrected chi connectivity index (χ4v) is 1.90. The zero-order valence-corrected chi connectivity index (χ0v) is 10.9. The Morgan fingerprint density at radius 2 is 2.20 bits per heavy atom. The summed E-state index contributed by atoms with van der Waals surface area (Å²) in [5, 5.41) is 13.2. The van der Waals surface area contributed by atoms with Crippen LogP contribution in [-0.4, -0.2) is 36.7 Å². The average Bonchev–Trinajstić information content (AvgIpc) is 2.96. The third-order valence-corrected chi connectivity index (χ3v) is 2.97. The molecule has 1 heterocycles. The second-order valence-electron chi connectivity index (χ2n) is 4.48. The lowest BCUT2D eigenvalue weighted by Crippen LogP contribution is -2.35. The van der Waals surface area contributed by atoms with E-state index in [4.69, 9.17) is 9.47 Å². The van der Waals surface area contributed by atoms with Crippen LogP contribution < -0.4 is 10.1 Å². The Labute approximate surface area is 116 Å². The first kappa shape index (κ1) is 14.3. The number of nitro groups is 1. The Bertz CT molecular complexity index is 468. The zero-order chi connectivity index (χ0) is 14.4. The number of nitro benzene ring substituents is 1. The van der Waals surface area contributed by atoms with Crippen molar-refractivity contribution in [3.8, 4) is 5.75 Å². The van der Waals surface area contributed by atoms with Gasteiger partial charge < -0.3 is 14.8 Å². The van der Waals surface area contributed by atoms with E-state index < -0.39 is 4.92 Å². The predicted molar refractivity (Wildman–Crippen MR) is 70.6 cm³/mol. The monoisotopic (exact) mass is 280 g/mol. The van der Waals surface area contributed by atoms with E-state index in [2.05, 4.69) is 5.32 Å². The maximum atomic E-state index is 11.5. The minimum atomic E-state index is -0.488. The lowest BCUT2D eigenvalue weighted by atomic mass is 10.2. The topological polar surface area (TPSA) is 90.7 Å². The molecule has 0 aromatic heterocycles. The van der Waals surface area contributed by atoms with Crippen molar-refractivity contribution in [3.05, 3.63) is 34.4 Å². The van der Waals surface area contributed by atoms with Crippen LogP contribution in [0.4, 0.5) is 5.69 Å². The third-order valence-electron chi connectivity index (χ3n) is 2.97. The van der Waals surface area contributed by atoms with Gasteiger partial charge in [-0.15, -0.1) is 0 Å². The molecule has 1 amide bonds. The average molecular weight is 280 g/mol. The Morgan fingerprint density at radius 1 is 1.45 bits per heavy atom. The summed E-state index contributed by atoms with van der Waals surface area (Å²) in [4.78, 5) is 21.5. The minimum Gasteiger partial charge on any atom is -0.484 e. The Kier molecular flexibility index (Phi) is 4.89. The first-order valence-electron chi connectivity index (χ1n) is 6.41. The second-order valence-corrected chi connectivity index (χ2v) is 4.48. The summed E-state index contributed by atoms with van der Waals surface area (Å²) < 4.78 is 10.6. The van der Waals surface area contributed by atoms with Crippen molar-refractivity contribution in [2.24, 2.45) is 0 Å². The van der Waals surface area contributed by atoms with Gasteiger partial charge in [0.05, 0.1) is 11.0 Å². The number of nitrogens with zero attached hydrogens (tertiary/aromatic N) is 1. The molecule has 0 bridgehead atoms. The number of benzene rings is 1. The molecule has 1 aliphatic rings. The smallest absolute Gasteiger partial charge is 0.269 e. The highest BCUT2D eigenvalue weighted by atomic mass is 16.6. The van der Waals surface area contributed by atoms with Gasteiger partial charge in [-0.2, -0.15) is 0 Å². The molecule has 0 radical (unpaired) electrons. The number of ether oxygens (including phenoxy) is 2. The fraction of sp³-hybridized carbons (Fsp3) is 0.462. The number of nitrogens with one attached hydrogen (secondary N) is 1. The first-order valence-corrected chi connectivity index (χ1v) is 6.41. The van der Waals surface area contributed by atoms with Gasteiger partial charge in [0.25, 0.3) is 11.6 Å². The molecule has 2 rings (SSSR count). The van der Waals surface area contributed by atoms with Crippen LogP contribution in [0, 0.1) is 10.1 Å². The molecule has 7 heteroatoms. The van der Waals surface area contributed by atoms with Gasteiger partial charge in [0.1, 0.15) is 5.75 Å². The van der Waals surface area contributed by atoms with Gasteiger partial charge in [-0.1, -0.05) is 0 Å². The summed E-state index contributed by atoms with van der Waals surface area (Å²) in [6, 6.07) is 5.59. The molecule has 1 unspecified atom stereocenters. The molecule has 1 aliphatic heterocycles. The van der Waals surface area contributed by atoms with Gasteiger partial charge in [0.2, 0.25) is 0 Å². The molecule has 1 aromatic rings. The van der Waals surface area contributed by atoms with Crippen molar-refractivity contribution in [1.29, 1.82) is 0 Å². The van der Waals surface area contributed by atoms with Crippen molar-refractivity contribution in [3.63, 3.8) is 0 Å². The molecule has 1 aromatic carbocycles. The maximum absolute atomic E-state index is 11.5. The van der Waals surface area contributed by atoms with Crippen molar-refractivity contribution in [2.45, 2.75) is 18.9 Å². The van der Waals surface area contributed by atoms with Gasteiger partial charge in [0, 0.05) is 25.3 Å². The van der Waals surface area contributed by atoms with Gasteiger partial charge >= 0.3 is 0 Å². The van der Waals surface area contributed by atoms with E-state index >= 15 is 0 Å². The molecule has 1 N–H and O–H groups in total. The van der Waals surface area contributed by atoms with Crippen LogP contribution in [-0.2, 0) is 9.53 Å². The normalized spacial score (nSPS) is 17.7. The minimum absolute atomic E-state index is 0.0137. The molecular weight excluding hydrogens is 264 g/mol. The lowest BCUT2D eigenvalue weighted by molar-refractivity contribution is -0.384. The maximum Gasteiger partial charge on any atom is 0.269 e. The highest BCUT2D eigenvalue weighted by Crippen LogP contribution is 2.17. The SMILES string of the molecule is O=C(COc1ccc([N+](=O)[O-])cc1)NCC1CCCO1. The molecule has 0 saturated carbocycles. The van der Waals surface area contributed by atoms with Crippen molar-refractivity contribution < 1.29 is 19.2 Å². The quantitative estimate of drug-likeness (QED) is 0.626. The number of hydrogen-bond acceptors (Lipinski definition) is 5. The largest absolute Gasteiger partial charge is 0.484 e. The Balaban J connectivity index is 1.70. The highest BCUT2D eigenvalue weighted by Gasteiger charge is 2.16.